The summed E-state index contributed by atoms with van der Waals surface area (Å²) in [4.78, 5) is 39.1. The SMILES string of the molecule is COC(=O)/C=c1\sc2n(c1=O)C(N)=C(C#N)[C@@H](c1cccs1)C=2C(=O)Nc1ccc(C)cc1. The molecule has 0 bridgehead atoms. The van der Waals surface area contributed by atoms with Gasteiger partial charge in [0, 0.05) is 16.6 Å². The fourth-order valence-corrected chi connectivity index (χ4v) is 5.49. The topological polar surface area (TPSA) is 127 Å². The molecule has 166 valence electrons. The number of thiophene rings is 1. The van der Waals surface area contributed by atoms with Crippen LogP contribution in [0.3, 0.4) is 0 Å². The lowest BCUT2D eigenvalue weighted by Crippen LogP contribution is -2.40. The van der Waals surface area contributed by atoms with E-state index in [1.807, 2.05) is 36.6 Å². The Morgan fingerprint density at radius 2 is 2.00 bits per heavy atom. The highest BCUT2D eigenvalue weighted by Crippen LogP contribution is 2.38. The van der Waals surface area contributed by atoms with Crippen LogP contribution in [0.5, 0.6) is 0 Å². The van der Waals surface area contributed by atoms with Gasteiger partial charge in [0.15, 0.2) is 0 Å². The Bertz CT molecular complexity index is 1500. The number of nitriles is 1. The standard InChI is InChI=1S/C23H18N4O4S2/c1-12-5-7-13(8-6-12)26-21(29)19-18(15-4-3-9-32-15)14(11-24)20(25)27-22(30)16(33-23(19)27)10-17(28)31-2/h3-10,18H,25H2,1-2H3,(H,26,29)/b16-10-/t18-/m0/s1. The number of nitrogens with zero attached hydrogens (tertiary/aromatic N) is 2. The van der Waals surface area contributed by atoms with Crippen molar-refractivity contribution in [1.29, 1.82) is 5.26 Å². The van der Waals surface area contributed by atoms with Crippen LogP contribution in [0.2, 0.25) is 0 Å². The second-order valence-electron chi connectivity index (χ2n) is 7.17. The van der Waals surface area contributed by atoms with Crippen LogP contribution < -0.4 is 25.8 Å². The Balaban J connectivity index is 2.02. The zero-order valence-corrected chi connectivity index (χ0v) is 19.3. The van der Waals surface area contributed by atoms with Crippen LogP contribution in [0, 0.1) is 18.3 Å². The van der Waals surface area contributed by atoms with Crippen LogP contribution in [0.15, 0.2) is 52.1 Å². The summed E-state index contributed by atoms with van der Waals surface area (Å²) >= 11 is 2.32. The molecule has 1 atom stereocenters. The number of amides is 1. The Morgan fingerprint density at radius 3 is 2.61 bits per heavy atom. The lowest BCUT2D eigenvalue weighted by Gasteiger charge is -2.24. The monoisotopic (exact) mass is 478 g/mol. The van der Waals surface area contributed by atoms with Gasteiger partial charge in [0.25, 0.3) is 11.5 Å². The number of carbonyl (C=O) groups excluding carboxylic acids is 2. The first-order valence-corrected chi connectivity index (χ1v) is 11.4. The average molecular weight is 479 g/mol. The third kappa shape index (κ3) is 4.00. The van der Waals surface area contributed by atoms with Crippen LogP contribution >= 0.6 is 22.7 Å². The smallest absolute Gasteiger partial charge is 0.332 e. The van der Waals surface area contributed by atoms with Crippen LogP contribution in [-0.4, -0.2) is 23.6 Å². The van der Waals surface area contributed by atoms with Gasteiger partial charge >= 0.3 is 5.97 Å². The number of hydrogen-bond donors (Lipinski definition) is 2. The van der Waals surface area contributed by atoms with Crippen molar-refractivity contribution in [2.75, 3.05) is 12.4 Å². The number of nitrogens with one attached hydrogen (secondary N) is 1. The number of thiazole rings is 1. The molecule has 4 rings (SSSR count). The minimum atomic E-state index is -0.760. The summed E-state index contributed by atoms with van der Waals surface area (Å²) in [6, 6.07) is 13.0. The molecule has 1 aliphatic rings. The van der Waals surface area contributed by atoms with Crippen molar-refractivity contribution in [1.82, 2.24) is 4.57 Å². The van der Waals surface area contributed by atoms with E-state index in [1.165, 1.54) is 18.4 Å². The van der Waals surface area contributed by atoms with Gasteiger partial charge in [0.05, 0.1) is 30.2 Å². The fourth-order valence-electron chi connectivity index (χ4n) is 3.51. The quantitative estimate of drug-likeness (QED) is 0.547. The molecule has 3 aromatic rings. The normalized spacial score (nSPS) is 15.7. The molecule has 0 fully saturated rings. The number of benzene rings is 1. The molecule has 1 aliphatic heterocycles. The molecule has 0 unspecified atom stereocenters. The Labute approximate surface area is 196 Å². The maximum Gasteiger partial charge on any atom is 0.332 e. The number of nitrogens with two attached hydrogens (primary N) is 1. The molecule has 3 heterocycles. The van der Waals surface area contributed by atoms with Gasteiger partial charge in [0.2, 0.25) is 0 Å². The van der Waals surface area contributed by atoms with E-state index in [4.69, 9.17) is 5.73 Å². The summed E-state index contributed by atoms with van der Waals surface area (Å²) in [5.41, 5.74) is 7.55. The molecule has 0 aliphatic carbocycles. The zero-order valence-electron chi connectivity index (χ0n) is 17.6. The first-order chi connectivity index (χ1) is 15.8. The molecule has 1 amide bonds. The highest BCUT2D eigenvalue weighted by atomic mass is 32.1. The van der Waals surface area contributed by atoms with Crippen LogP contribution in [0.25, 0.3) is 17.5 Å². The maximum atomic E-state index is 13.6. The van der Waals surface area contributed by atoms with Crippen molar-refractivity contribution < 1.29 is 14.3 Å². The predicted octanol–water partition coefficient (Wildman–Crippen LogP) is 1.47. The number of esters is 1. The van der Waals surface area contributed by atoms with Gasteiger partial charge in [-0.05, 0) is 30.5 Å². The number of methoxy groups -OCH3 is 1. The van der Waals surface area contributed by atoms with Crippen molar-refractivity contribution >= 4 is 57.7 Å². The summed E-state index contributed by atoms with van der Waals surface area (Å²) in [6.07, 6.45) is 1.05. The summed E-state index contributed by atoms with van der Waals surface area (Å²) < 4.78 is 6.06. The van der Waals surface area contributed by atoms with Gasteiger partial charge in [-0.3, -0.25) is 14.2 Å². The van der Waals surface area contributed by atoms with Gasteiger partial charge in [-0.25, -0.2) is 4.79 Å². The van der Waals surface area contributed by atoms with E-state index in [0.717, 1.165) is 32.4 Å². The first-order valence-electron chi connectivity index (χ1n) is 9.73. The van der Waals surface area contributed by atoms with E-state index in [9.17, 15) is 19.6 Å². The second kappa shape index (κ2) is 8.90. The number of hydrogen-bond acceptors (Lipinski definition) is 8. The number of allylic oxidation sites excluding steroid dienone is 1. The van der Waals surface area contributed by atoms with Crippen molar-refractivity contribution in [2.24, 2.45) is 5.73 Å². The molecule has 1 aromatic carbocycles. The number of rotatable bonds is 4. The molecular weight excluding hydrogens is 460 g/mol. The van der Waals surface area contributed by atoms with E-state index in [-0.39, 0.29) is 26.2 Å². The van der Waals surface area contributed by atoms with Crippen molar-refractivity contribution in [3.8, 4) is 6.07 Å². The van der Waals surface area contributed by atoms with Crippen LogP contribution in [0.1, 0.15) is 16.4 Å². The first kappa shape index (κ1) is 22.3. The minimum absolute atomic E-state index is 0.0459. The molecule has 0 saturated carbocycles. The number of aromatic nitrogens is 1. The van der Waals surface area contributed by atoms with Gasteiger partial charge in [0.1, 0.15) is 15.0 Å². The molecule has 0 saturated heterocycles. The number of anilines is 1. The molecule has 0 spiro atoms. The summed E-state index contributed by atoms with van der Waals surface area (Å²) in [5, 5.41) is 14.6. The molecule has 0 radical (unpaired) electrons. The average Bonchev–Trinajstić information content (AvgIpc) is 3.44. The van der Waals surface area contributed by atoms with E-state index < -0.39 is 23.4 Å². The number of carbonyl (C=O) groups is 2. The Hall–Kier alpha value is -3.94. The van der Waals surface area contributed by atoms with Crippen LogP contribution in [-0.2, 0) is 14.3 Å². The fraction of sp³-hybridized carbons (Fsp3) is 0.130. The third-order valence-electron chi connectivity index (χ3n) is 5.10. The van der Waals surface area contributed by atoms with E-state index in [0.29, 0.717) is 5.69 Å². The van der Waals surface area contributed by atoms with E-state index in [2.05, 4.69) is 16.1 Å². The van der Waals surface area contributed by atoms with Crippen molar-refractivity contribution in [2.45, 2.75) is 12.8 Å². The van der Waals surface area contributed by atoms with E-state index in [1.54, 1.807) is 12.1 Å². The minimum Gasteiger partial charge on any atom is -0.466 e. The zero-order chi connectivity index (χ0) is 23.7. The molecule has 8 nitrogen and oxygen atoms in total. The van der Waals surface area contributed by atoms with Gasteiger partial charge < -0.3 is 15.8 Å². The molecule has 33 heavy (non-hydrogen) atoms. The van der Waals surface area contributed by atoms with Gasteiger partial charge in [-0.2, -0.15) is 5.26 Å². The van der Waals surface area contributed by atoms with Crippen molar-refractivity contribution in [3.63, 3.8) is 0 Å². The van der Waals surface area contributed by atoms with E-state index >= 15 is 0 Å². The highest BCUT2D eigenvalue weighted by Gasteiger charge is 2.36. The predicted molar refractivity (Wildman–Crippen MR) is 128 cm³/mol. The Morgan fingerprint density at radius 1 is 1.27 bits per heavy atom. The van der Waals surface area contributed by atoms with Crippen molar-refractivity contribution in [3.05, 3.63) is 77.3 Å². The second-order valence-corrected chi connectivity index (χ2v) is 9.18. The highest BCUT2D eigenvalue weighted by molar-refractivity contribution is 7.10. The molecule has 10 heteroatoms. The number of ether oxygens (including phenoxy) is 1. The number of aryl methyl sites for hydroxylation is 1. The lowest BCUT2D eigenvalue weighted by atomic mass is 9.88. The molecule has 2 aromatic heterocycles. The largest absolute Gasteiger partial charge is 0.466 e. The Kier molecular flexibility index (Phi) is 6.00. The van der Waals surface area contributed by atoms with Crippen LogP contribution in [0.4, 0.5) is 5.69 Å². The molecular formula is C23H18N4O4S2. The number of fused-ring (bicyclic) bond motifs is 1. The van der Waals surface area contributed by atoms with Gasteiger partial charge in [-0.1, -0.05) is 23.8 Å². The third-order valence-corrected chi connectivity index (χ3v) is 7.15. The summed E-state index contributed by atoms with van der Waals surface area (Å²) in [6.45, 7) is 1.94. The molecule has 3 N–H and O–H groups in total. The lowest BCUT2D eigenvalue weighted by molar-refractivity contribution is -0.133. The summed E-state index contributed by atoms with van der Waals surface area (Å²) in [5.74, 6) is -2.01. The maximum absolute atomic E-state index is 13.6. The van der Waals surface area contributed by atoms with Gasteiger partial charge in [-0.15, -0.1) is 22.7 Å². The summed E-state index contributed by atoms with van der Waals surface area (Å²) in [7, 11) is 1.20.